The fraction of sp³-hybridized carbons (Fsp3) is 0.538. The zero-order valence-corrected chi connectivity index (χ0v) is 9.99. The van der Waals surface area contributed by atoms with E-state index in [1.165, 1.54) is 11.1 Å². The molecule has 0 aliphatic carbocycles. The summed E-state index contributed by atoms with van der Waals surface area (Å²) in [5.74, 6) is 0.489. The number of ether oxygens (including phenoxy) is 2. The van der Waals surface area contributed by atoms with E-state index in [0.29, 0.717) is 12.5 Å². The minimum absolute atomic E-state index is 0.182. The summed E-state index contributed by atoms with van der Waals surface area (Å²) in [6.45, 7) is 4.99. The average molecular weight is 208 g/mol. The van der Waals surface area contributed by atoms with E-state index >= 15 is 0 Å². The Morgan fingerprint density at radius 3 is 2.07 bits per heavy atom. The number of hydrogen-bond acceptors (Lipinski definition) is 2. The maximum Gasteiger partial charge on any atom is 0.0844 e. The summed E-state index contributed by atoms with van der Waals surface area (Å²) in [4.78, 5) is 0. The third-order valence-corrected chi connectivity index (χ3v) is 2.48. The zero-order valence-electron chi connectivity index (χ0n) is 9.99. The molecule has 1 aromatic rings. The van der Waals surface area contributed by atoms with Gasteiger partial charge in [0.15, 0.2) is 0 Å². The molecule has 1 unspecified atom stereocenters. The lowest BCUT2D eigenvalue weighted by Crippen LogP contribution is -2.08. The molecule has 0 heterocycles. The molecule has 0 N–H and O–H groups in total. The lowest BCUT2D eigenvalue weighted by molar-refractivity contribution is 0.0646. The molecule has 0 saturated heterocycles. The van der Waals surface area contributed by atoms with Crippen LogP contribution in [0.4, 0.5) is 0 Å². The van der Waals surface area contributed by atoms with Gasteiger partial charge in [-0.25, -0.2) is 0 Å². The summed E-state index contributed by atoms with van der Waals surface area (Å²) in [5, 5.41) is 0. The maximum absolute atomic E-state index is 5.47. The van der Waals surface area contributed by atoms with Crippen LogP contribution in [-0.2, 0) is 16.1 Å². The minimum Gasteiger partial charge on any atom is -0.380 e. The number of benzene rings is 1. The summed E-state index contributed by atoms with van der Waals surface area (Å²) in [6.07, 6.45) is 0.182. The minimum atomic E-state index is 0.182. The Bertz CT molecular complexity index is 277. The van der Waals surface area contributed by atoms with Crippen LogP contribution in [0.5, 0.6) is 0 Å². The van der Waals surface area contributed by atoms with E-state index in [2.05, 4.69) is 38.1 Å². The predicted molar refractivity (Wildman–Crippen MR) is 61.7 cm³/mol. The second-order valence-corrected chi connectivity index (χ2v) is 4.07. The van der Waals surface area contributed by atoms with Crippen LogP contribution in [0.25, 0.3) is 0 Å². The van der Waals surface area contributed by atoms with Gasteiger partial charge >= 0.3 is 0 Å². The maximum atomic E-state index is 5.47. The molecule has 0 spiro atoms. The van der Waals surface area contributed by atoms with E-state index in [9.17, 15) is 0 Å². The number of methoxy groups -OCH3 is 2. The van der Waals surface area contributed by atoms with E-state index in [0.717, 1.165) is 0 Å². The third-order valence-electron chi connectivity index (χ3n) is 2.48. The summed E-state index contributed by atoms with van der Waals surface area (Å²) in [5.41, 5.74) is 2.42. The van der Waals surface area contributed by atoms with Crippen LogP contribution in [0.15, 0.2) is 24.3 Å². The largest absolute Gasteiger partial charge is 0.380 e. The van der Waals surface area contributed by atoms with Crippen molar-refractivity contribution in [3.8, 4) is 0 Å². The second-order valence-electron chi connectivity index (χ2n) is 4.07. The molecule has 1 rings (SSSR count). The third kappa shape index (κ3) is 3.33. The lowest BCUT2D eigenvalue weighted by Gasteiger charge is -2.19. The molecule has 15 heavy (non-hydrogen) atoms. The summed E-state index contributed by atoms with van der Waals surface area (Å²) >= 11 is 0. The van der Waals surface area contributed by atoms with Gasteiger partial charge in [0.25, 0.3) is 0 Å². The Morgan fingerprint density at radius 1 is 1.07 bits per heavy atom. The van der Waals surface area contributed by atoms with Crippen molar-refractivity contribution in [2.45, 2.75) is 26.6 Å². The smallest absolute Gasteiger partial charge is 0.0844 e. The van der Waals surface area contributed by atoms with Gasteiger partial charge in [0.2, 0.25) is 0 Å². The molecule has 0 saturated carbocycles. The van der Waals surface area contributed by atoms with Crippen LogP contribution in [0, 0.1) is 5.92 Å². The first-order valence-electron chi connectivity index (χ1n) is 5.29. The van der Waals surface area contributed by atoms with Crippen molar-refractivity contribution in [3.05, 3.63) is 35.4 Å². The first kappa shape index (κ1) is 12.2. The van der Waals surface area contributed by atoms with Crippen molar-refractivity contribution in [2.75, 3.05) is 14.2 Å². The Hall–Kier alpha value is -0.860. The molecule has 0 aliphatic rings. The standard InChI is InChI=1S/C13H20O2/c1-10(2)13(15-4)12-7-5-11(6-8-12)9-14-3/h5-8,10,13H,9H2,1-4H3. The second kappa shape index (κ2) is 5.89. The van der Waals surface area contributed by atoms with Crippen LogP contribution in [-0.4, -0.2) is 14.2 Å². The van der Waals surface area contributed by atoms with Gasteiger partial charge in [0.05, 0.1) is 12.7 Å². The molecule has 0 aliphatic heterocycles. The van der Waals surface area contributed by atoms with E-state index in [4.69, 9.17) is 9.47 Å². The van der Waals surface area contributed by atoms with Crippen LogP contribution >= 0.6 is 0 Å². The summed E-state index contributed by atoms with van der Waals surface area (Å²) in [6, 6.07) is 8.41. The Kier molecular flexibility index (Phi) is 4.79. The SMILES string of the molecule is COCc1ccc(C(OC)C(C)C)cc1. The molecule has 0 amide bonds. The molecule has 1 atom stereocenters. The molecule has 0 bridgehead atoms. The molecule has 0 radical (unpaired) electrons. The van der Waals surface area contributed by atoms with Crippen molar-refractivity contribution in [3.63, 3.8) is 0 Å². The van der Waals surface area contributed by atoms with Crippen LogP contribution < -0.4 is 0 Å². The fourth-order valence-electron chi connectivity index (χ4n) is 1.76. The topological polar surface area (TPSA) is 18.5 Å². The molecular weight excluding hydrogens is 188 g/mol. The highest BCUT2D eigenvalue weighted by atomic mass is 16.5. The van der Waals surface area contributed by atoms with Crippen LogP contribution in [0.3, 0.4) is 0 Å². The first-order valence-corrected chi connectivity index (χ1v) is 5.29. The van der Waals surface area contributed by atoms with E-state index in [1.807, 2.05) is 0 Å². The van der Waals surface area contributed by atoms with Gasteiger partial charge in [-0.15, -0.1) is 0 Å². The highest BCUT2D eigenvalue weighted by Gasteiger charge is 2.14. The summed E-state index contributed by atoms with van der Waals surface area (Å²) in [7, 11) is 3.47. The molecular formula is C13H20O2. The van der Waals surface area contributed by atoms with Gasteiger partial charge in [0, 0.05) is 14.2 Å². The molecule has 84 valence electrons. The van der Waals surface area contributed by atoms with Gasteiger partial charge < -0.3 is 9.47 Å². The summed E-state index contributed by atoms with van der Waals surface area (Å²) < 4.78 is 10.5. The van der Waals surface area contributed by atoms with Crippen LogP contribution in [0.2, 0.25) is 0 Å². The lowest BCUT2D eigenvalue weighted by atomic mass is 9.98. The van der Waals surface area contributed by atoms with Crippen molar-refractivity contribution in [1.82, 2.24) is 0 Å². The molecule has 0 aromatic heterocycles. The Balaban J connectivity index is 2.77. The fourth-order valence-corrected chi connectivity index (χ4v) is 1.76. The monoisotopic (exact) mass is 208 g/mol. The normalized spacial score (nSPS) is 13.1. The predicted octanol–water partition coefficient (Wildman–Crippen LogP) is 3.18. The van der Waals surface area contributed by atoms with Gasteiger partial charge in [-0.2, -0.15) is 0 Å². The van der Waals surface area contributed by atoms with Gasteiger partial charge in [0.1, 0.15) is 0 Å². The van der Waals surface area contributed by atoms with E-state index in [1.54, 1.807) is 14.2 Å². The number of rotatable bonds is 5. The molecule has 2 nitrogen and oxygen atoms in total. The van der Waals surface area contributed by atoms with Crippen molar-refractivity contribution in [2.24, 2.45) is 5.92 Å². The molecule has 0 fully saturated rings. The van der Waals surface area contributed by atoms with E-state index in [-0.39, 0.29) is 6.10 Å². The quantitative estimate of drug-likeness (QED) is 0.740. The Morgan fingerprint density at radius 2 is 1.67 bits per heavy atom. The molecule has 2 heteroatoms. The van der Waals surface area contributed by atoms with Crippen molar-refractivity contribution in [1.29, 1.82) is 0 Å². The van der Waals surface area contributed by atoms with Crippen molar-refractivity contribution < 1.29 is 9.47 Å². The average Bonchev–Trinajstić information content (AvgIpc) is 2.21. The highest BCUT2D eigenvalue weighted by molar-refractivity contribution is 5.24. The zero-order chi connectivity index (χ0) is 11.3. The number of hydrogen-bond donors (Lipinski definition) is 0. The van der Waals surface area contributed by atoms with Crippen LogP contribution in [0.1, 0.15) is 31.1 Å². The highest BCUT2D eigenvalue weighted by Crippen LogP contribution is 2.25. The van der Waals surface area contributed by atoms with Gasteiger partial charge in [-0.1, -0.05) is 38.1 Å². The molecule has 1 aromatic carbocycles. The van der Waals surface area contributed by atoms with E-state index < -0.39 is 0 Å². The van der Waals surface area contributed by atoms with Gasteiger partial charge in [-0.05, 0) is 17.0 Å². The first-order chi connectivity index (χ1) is 7.19. The van der Waals surface area contributed by atoms with Crippen molar-refractivity contribution >= 4 is 0 Å². The van der Waals surface area contributed by atoms with Gasteiger partial charge in [-0.3, -0.25) is 0 Å². The Labute approximate surface area is 92.2 Å².